The van der Waals surface area contributed by atoms with Gasteiger partial charge >= 0.3 is 6.61 Å². The Balaban J connectivity index is 2.16. The topological polar surface area (TPSA) is 67.6 Å². The zero-order valence-electron chi connectivity index (χ0n) is 15.7. The predicted molar refractivity (Wildman–Crippen MR) is 103 cm³/mol. The lowest BCUT2D eigenvalue weighted by Gasteiger charge is -2.29. The van der Waals surface area contributed by atoms with Crippen LogP contribution in [0.2, 0.25) is 0 Å². The molecule has 1 amide bonds. The number of benzene rings is 2. The molecule has 2 aromatic carbocycles. The number of nitrogens with two attached hydrogens (primary N) is 1. The van der Waals surface area contributed by atoms with Gasteiger partial charge in [0, 0.05) is 19.3 Å². The molecule has 146 valence electrons. The molecule has 0 aliphatic carbocycles. The Morgan fingerprint density at radius 3 is 2.41 bits per heavy atom. The third-order valence-corrected chi connectivity index (χ3v) is 4.08. The number of amides is 1. The number of carbonyl (C=O) groups excluding carboxylic acids is 1. The maximum atomic E-state index is 12.9. The summed E-state index contributed by atoms with van der Waals surface area (Å²) in [6, 6.07) is 13.2. The van der Waals surface area contributed by atoms with E-state index in [1.807, 2.05) is 19.9 Å². The predicted octanol–water partition coefficient (Wildman–Crippen LogP) is 4.09. The standard InChI is InChI=1S/C20H25F2N3O2/c1-20(2,12-23)13-25(3)18(26)16-6-4-5-7-17(16)24-14-8-10-15(11-9-14)27-19(21)22/h4-11,19,24H,12-13,23H2,1-3H3. The highest BCUT2D eigenvalue weighted by atomic mass is 19.3. The molecule has 0 aliphatic rings. The van der Waals surface area contributed by atoms with Crippen LogP contribution >= 0.6 is 0 Å². The van der Waals surface area contributed by atoms with Crippen molar-refractivity contribution < 1.29 is 18.3 Å². The number of nitrogens with one attached hydrogen (secondary N) is 1. The number of para-hydroxylation sites is 1. The van der Waals surface area contributed by atoms with Crippen molar-refractivity contribution in [3.05, 3.63) is 54.1 Å². The molecule has 0 heterocycles. The van der Waals surface area contributed by atoms with Gasteiger partial charge in [0.05, 0.1) is 11.3 Å². The normalized spacial score (nSPS) is 11.4. The SMILES string of the molecule is CN(CC(C)(C)CN)C(=O)c1ccccc1Nc1ccc(OC(F)F)cc1. The minimum atomic E-state index is -2.87. The van der Waals surface area contributed by atoms with Gasteiger partial charge in [0.1, 0.15) is 5.75 Å². The molecule has 0 aliphatic heterocycles. The zero-order valence-corrected chi connectivity index (χ0v) is 15.7. The molecule has 0 radical (unpaired) electrons. The lowest BCUT2D eigenvalue weighted by Crippen LogP contribution is -2.39. The molecule has 0 saturated carbocycles. The van der Waals surface area contributed by atoms with Crippen LogP contribution in [0.25, 0.3) is 0 Å². The number of alkyl halides is 2. The first-order valence-corrected chi connectivity index (χ1v) is 8.58. The van der Waals surface area contributed by atoms with Crippen molar-refractivity contribution in [1.82, 2.24) is 4.90 Å². The number of hydrogen-bond acceptors (Lipinski definition) is 4. The molecule has 0 unspecified atom stereocenters. The first kappa shape index (κ1) is 20.6. The van der Waals surface area contributed by atoms with E-state index >= 15 is 0 Å². The van der Waals surface area contributed by atoms with Crippen LogP contribution in [0, 0.1) is 5.41 Å². The van der Waals surface area contributed by atoms with E-state index < -0.39 is 6.61 Å². The van der Waals surface area contributed by atoms with E-state index in [9.17, 15) is 13.6 Å². The Hall–Kier alpha value is -2.67. The molecular formula is C20H25F2N3O2. The van der Waals surface area contributed by atoms with Crippen molar-refractivity contribution >= 4 is 17.3 Å². The molecule has 5 nitrogen and oxygen atoms in total. The first-order valence-electron chi connectivity index (χ1n) is 8.58. The number of nitrogens with zero attached hydrogens (tertiary/aromatic N) is 1. The summed E-state index contributed by atoms with van der Waals surface area (Å²) in [5.74, 6) is -0.0547. The van der Waals surface area contributed by atoms with Crippen LogP contribution in [0.5, 0.6) is 5.75 Å². The summed E-state index contributed by atoms with van der Waals surface area (Å²) in [6.45, 7) is 2.14. The van der Waals surface area contributed by atoms with Crippen molar-refractivity contribution in [2.24, 2.45) is 11.1 Å². The zero-order chi connectivity index (χ0) is 20.0. The number of halogens is 2. The van der Waals surface area contributed by atoms with Crippen LogP contribution in [-0.4, -0.2) is 37.6 Å². The Labute approximate surface area is 158 Å². The van der Waals surface area contributed by atoms with Crippen LogP contribution in [0.3, 0.4) is 0 Å². The summed E-state index contributed by atoms with van der Waals surface area (Å²) in [5.41, 5.74) is 7.37. The largest absolute Gasteiger partial charge is 0.435 e. The number of rotatable bonds is 8. The van der Waals surface area contributed by atoms with Crippen LogP contribution in [0.1, 0.15) is 24.2 Å². The van der Waals surface area contributed by atoms with Gasteiger partial charge in [-0.25, -0.2) is 0 Å². The van der Waals surface area contributed by atoms with E-state index in [0.717, 1.165) is 0 Å². The van der Waals surface area contributed by atoms with Gasteiger partial charge in [-0.3, -0.25) is 4.79 Å². The summed E-state index contributed by atoms with van der Waals surface area (Å²) in [6.07, 6.45) is 0. The molecular weight excluding hydrogens is 352 g/mol. The molecule has 27 heavy (non-hydrogen) atoms. The lowest BCUT2D eigenvalue weighted by atomic mass is 9.93. The van der Waals surface area contributed by atoms with Gasteiger partial charge in [-0.2, -0.15) is 8.78 Å². The summed E-state index contributed by atoms with van der Waals surface area (Å²) in [5, 5.41) is 3.15. The summed E-state index contributed by atoms with van der Waals surface area (Å²) in [4.78, 5) is 14.5. The highest BCUT2D eigenvalue weighted by Gasteiger charge is 2.23. The molecule has 3 N–H and O–H groups in total. The molecule has 0 bridgehead atoms. The number of ether oxygens (including phenoxy) is 1. The number of anilines is 2. The second kappa shape index (κ2) is 8.81. The van der Waals surface area contributed by atoms with Gasteiger partial charge in [0.15, 0.2) is 0 Å². The van der Waals surface area contributed by atoms with Crippen molar-refractivity contribution in [1.29, 1.82) is 0 Å². The second-order valence-electron chi connectivity index (χ2n) is 7.10. The monoisotopic (exact) mass is 377 g/mol. The molecule has 7 heteroatoms. The minimum Gasteiger partial charge on any atom is -0.435 e. The molecule has 0 saturated heterocycles. The van der Waals surface area contributed by atoms with Crippen molar-refractivity contribution in [2.75, 3.05) is 25.5 Å². The van der Waals surface area contributed by atoms with Gasteiger partial charge in [-0.15, -0.1) is 0 Å². The molecule has 2 rings (SSSR count). The van der Waals surface area contributed by atoms with E-state index in [4.69, 9.17) is 5.73 Å². The van der Waals surface area contributed by atoms with Gasteiger partial charge in [-0.1, -0.05) is 26.0 Å². The van der Waals surface area contributed by atoms with Crippen molar-refractivity contribution in [3.63, 3.8) is 0 Å². The van der Waals surface area contributed by atoms with Crippen LogP contribution in [0.15, 0.2) is 48.5 Å². The smallest absolute Gasteiger partial charge is 0.387 e. The highest BCUT2D eigenvalue weighted by Crippen LogP contribution is 2.25. The summed E-state index contributed by atoms with van der Waals surface area (Å²) >= 11 is 0. The maximum Gasteiger partial charge on any atom is 0.387 e. The van der Waals surface area contributed by atoms with Crippen LogP contribution in [-0.2, 0) is 0 Å². The first-order chi connectivity index (χ1) is 12.7. The average molecular weight is 377 g/mol. The van der Waals surface area contributed by atoms with Crippen LogP contribution in [0.4, 0.5) is 20.2 Å². The Kier molecular flexibility index (Phi) is 6.74. The Morgan fingerprint density at radius 2 is 1.81 bits per heavy atom. The molecule has 0 fully saturated rings. The fourth-order valence-electron chi connectivity index (χ4n) is 2.64. The van der Waals surface area contributed by atoms with Crippen molar-refractivity contribution in [2.45, 2.75) is 20.5 Å². The molecule has 0 aromatic heterocycles. The molecule has 0 spiro atoms. The molecule has 0 atom stereocenters. The Bertz CT molecular complexity index is 764. The third kappa shape index (κ3) is 5.92. The van der Waals surface area contributed by atoms with Gasteiger partial charge in [0.25, 0.3) is 5.91 Å². The summed E-state index contributed by atoms with van der Waals surface area (Å²) in [7, 11) is 1.74. The lowest BCUT2D eigenvalue weighted by molar-refractivity contribution is -0.0498. The van der Waals surface area contributed by atoms with E-state index in [-0.39, 0.29) is 17.1 Å². The van der Waals surface area contributed by atoms with Gasteiger partial charge in [-0.05, 0) is 48.4 Å². The second-order valence-corrected chi connectivity index (χ2v) is 7.10. The quantitative estimate of drug-likeness (QED) is 0.727. The fraction of sp³-hybridized carbons (Fsp3) is 0.350. The van der Waals surface area contributed by atoms with E-state index in [1.165, 1.54) is 12.1 Å². The number of carbonyl (C=O) groups is 1. The van der Waals surface area contributed by atoms with Crippen LogP contribution < -0.4 is 15.8 Å². The van der Waals surface area contributed by atoms with Gasteiger partial charge in [0.2, 0.25) is 0 Å². The molecule has 2 aromatic rings. The van der Waals surface area contributed by atoms with Gasteiger partial charge < -0.3 is 20.7 Å². The fourth-order valence-corrected chi connectivity index (χ4v) is 2.64. The minimum absolute atomic E-state index is 0.0728. The average Bonchev–Trinajstić information content (AvgIpc) is 2.62. The third-order valence-electron chi connectivity index (χ3n) is 4.08. The number of hydrogen-bond donors (Lipinski definition) is 2. The highest BCUT2D eigenvalue weighted by molar-refractivity contribution is 6.00. The van der Waals surface area contributed by atoms with E-state index in [1.54, 1.807) is 42.3 Å². The van der Waals surface area contributed by atoms with Crippen molar-refractivity contribution in [3.8, 4) is 5.75 Å². The van der Waals surface area contributed by atoms with E-state index in [2.05, 4.69) is 10.1 Å². The van der Waals surface area contributed by atoms with E-state index in [0.29, 0.717) is 30.0 Å². The summed E-state index contributed by atoms with van der Waals surface area (Å²) < 4.78 is 28.8. The maximum absolute atomic E-state index is 12.9. The Morgan fingerprint density at radius 1 is 1.19 bits per heavy atom.